The molecule has 4 rings (SSSR count). The van der Waals surface area contributed by atoms with Crippen LogP contribution in [-0.4, -0.2) is 9.55 Å². The number of nitrogens with two attached hydrogens (primary N) is 1. The van der Waals surface area contributed by atoms with E-state index in [1.807, 2.05) is 61.5 Å². The van der Waals surface area contributed by atoms with E-state index < -0.39 is 0 Å². The van der Waals surface area contributed by atoms with Crippen LogP contribution in [0.5, 0.6) is 0 Å². The van der Waals surface area contributed by atoms with E-state index in [0.717, 1.165) is 21.8 Å². The summed E-state index contributed by atoms with van der Waals surface area (Å²) in [6, 6.07) is 19.5. The molecule has 0 aliphatic rings. The lowest BCUT2D eigenvalue weighted by Crippen LogP contribution is -2.23. The molecule has 0 bridgehead atoms. The minimum Gasteiger partial charge on any atom is -0.398 e. The first kappa shape index (κ1) is 14.5. The number of aromatic nitrogens is 2. The fraction of sp³-hybridized carbons (Fsp3) is 0.100. The topological polar surface area (TPSA) is 60.9 Å². The highest BCUT2D eigenvalue weighted by Crippen LogP contribution is 2.25. The van der Waals surface area contributed by atoms with Crippen LogP contribution in [0.15, 0.2) is 65.5 Å². The minimum atomic E-state index is -0.113. The van der Waals surface area contributed by atoms with E-state index in [4.69, 9.17) is 5.73 Å². The van der Waals surface area contributed by atoms with E-state index in [1.165, 1.54) is 0 Å². The first-order chi connectivity index (χ1) is 11.7. The van der Waals surface area contributed by atoms with Gasteiger partial charge in [0.2, 0.25) is 0 Å². The zero-order chi connectivity index (χ0) is 16.7. The van der Waals surface area contributed by atoms with Crippen molar-refractivity contribution in [3.05, 3.63) is 71.0 Å². The Morgan fingerprint density at radius 3 is 2.38 bits per heavy atom. The van der Waals surface area contributed by atoms with Crippen LogP contribution in [0.25, 0.3) is 33.1 Å². The maximum atomic E-state index is 12.9. The van der Waals surface area contributed by atoms with Crippen LogP contribution in [0.2, 0.25) is 0 Å². The molecule has 0 spiro atoms. The molecule has 1 heterocycles. The number of hydrogen-bond donors (Lipinski definition) is 1. The third-order valence-corrected chi connectivity index (χ3v) is 4.35. The summed E-state index contributed by atoms with van der Waals surface area (Å²) >= 11 is 0. The lowest BCUT2D eigenvalue weighted by molar-refractivity contribution is 0.756. The van der Waals surface area contributed by atoms with Gasteiger partial charge in [-0.1, -0.05) is 42.5 Å². The van der Waals surface area contributed by atoms with Crippen molar-refractivity contribution in [2.75, 3.05) is 5.73 Å². The van der Waals surface area contributed by atoms with Crippen molar-refractivity contribution in [2.24, 2.45) is 0 Å². The van der Waals surface area contributed by atoms with Crippen LogP contribution in [0.4, 0.5) is 5.69 Å². The lowest BCUT2D eigenvalue weighted by Gasteiger charge is -2.12. The van der Waals surface area contributed by atoms with Crippen LogP contribution in [0.1, 0.15) is 6.92 Å². The molecule has 0 saturated heterocycles. The first-order valence-corrected chi connectivity index (χ1v) is 7.97. The smallest absolute Gasteiger partial charge is 0.277 e. The summed E-state index contributed by atoms with van der Waals surface area (Å²) in [4.78, 5) is 17.6. The Morgan fingerprint density at radius 1 is 1.00 bits per heavy atom. The van der Waals surface area contributed by atoms with Crippen molar-refractivity contribution in [1.29, 1.82) is 0 Å². The van der Waals surface area contributed by atoms with Crippen molar-refractivity contribution in [2.45, 2.75) is 13.5 Å². The largest absolute Gasteiger partial charge is 0.398 e. The molecular weight excluding hydrogens is 298 g/mol. The van der Waals surface area contributed by atoms with Gasteiger partial charge in [0.1, 0.15) is 5.69 Å². The van der Waals surface area contributed by atoms with E-state index in [1.54, 1.807) is 10.6 Å². The Labute approximate surface area is 139 Å². The standard InChI is InChI=1S/C20H17N3O/c1-2-23-18-12-14-8-4-3-7-13(14)11-17(18)22-19(20(23)24)15-9-5-6-10-16(15)21/h3-12H,2,21H2,1H3. The number of para-hydroxylation sites is 1. The summed E-state index contributed by atoms with van der Waals surface area (Å²) in [5, 5.41) is 2.20. The van der Waals surface area contributed by atoms with Gasteiger partial charge in [-0.2, -0.15) is 0 Å². The highest BCUT2D eigenvalue weighted by atomic mass is 16.1. The molecule has 4 nitrogen and oxygen atoms in total. The second-order valence-electron chi connectivity index (χ2n) is 5.79. The number of nitrogens with zero attached hydrogens (tertiary/aromatic N) is 2. The number of benzene rings is 3. The van der Waals surface area contributed by atoms with Gasteiger partial charge in [0, 0.05) is 17.8 Å². The Hall–Kier alpha value is -3.14. The first-order valence-electron chi connectivity index (χ1n) is 7.97. The van der Waals surface area contributed by atoms with Crippen molar-refractivity contribution in [3.63, 3.8) is 0 Å². The number of aryl methyl sites for hydroxylation is 1. The fourth-order valence-electron chi connectivity index (χ4n) is 3.13. The van der Waals surface area contributed by atoms with Gasteiger partial charge in [-0.05, 0) is 35.9 Å². The van der Waals surface area contributed by atoms with Crippen molar-refractivity contribution in [1.82, 2.24) is 9.55 Å². The fourth-order valence-corrected chi connectivity index (χ4v) is 3.13. The summed E-state index contributed by atoms with van der Waals surface area (Å²) in [6.07, 6.45) is 0. The summed E-state index contributed by atoms with van der Waals surface area (Å²) in [6.45, 7) is 2.55. The van der Waals surface area contributed by atoms with Crippen LogP contribution < -0.4 is 11.3 Å². The summed E-state index contributed by atoms with van der Waals surface area (Å²) < 4.78 is 1.76. The van der Waals surface area contributed by atoms with E-state index >= 15 is 0 Å². The minimum absolute atomic E-state index is 0.113. The monoisotopic (exact) mass is 315 g/mol. The van der Waals surface area contributed by atoms with E-state index in [9.17, 15) is 4.79 Å². The summed E-state index contributed by atoms with van der Waals surface area (Å²) in [5.74, 6) is 0. The van der Waals surface area contributed by atoms with Gasteiger partial charge in [-0.25, -0.2) is 4.98 Å². The normalized spacial score (nSPS) is 11.2. The van der Waals surface area contributed by atoms with Gasteiger partial charge in [-0.15, -0.1) is 0 Å². The quantitative estimate of drug-likeness (QED) is 0.452. The third-order valence-electron chi connectivity index (χ3n) is 4.35. The van der Waals surface area contributed by atoms with Gasteiger partial charge in [-0.3, -0.25) is 4.79 Å². The number of anilines is 1. The average Bonchev–Trinajstić information content (AvgIpc) is 2.60. The SMILES string of the molecule is CCn1c(=O)c(-c2ccccc2N)nc2cc3ccccc3cc21. The molecule has 0 aliphatic heterocycles. The molecule has 0 unspecified atom stereocenters. The zero-order valence-electron chi connectivity index (χ0n) is 13.4. The van der Waals surface area contributed by atoms with E-state index in [0.29, 0.717) is 23.5 Å². The molecule has 3 aromatic carbocycles. The summed E-state index contributed by atoms with van der Waals surface area (Å²) in [7, 11) is 0. The number of rotatable bonds is 2. The maximum absolute atomic E-state index is 12.9. The Kier molecular flexibility index (Phi) is 3.31. The molecule has 4 aromatic rings. The van der Waals surface area contributed by atoms with Crippen LogP contribution >= 0.6 is 0 Å². The molecule has 0 amide bonds. The van der Waals surface area contributed by atoms with E-state index in [-0.39, 0.29) is 5.56 Å². The van der Waals surface area contributed by atoms with Crippen LogP contribution in [-0.2, 0) is 6.54 Å². The Morgan fingerprint density at radius 2 is 1.67 bits per heavy atom. The van der Waals surface area contributed by atoms with Crippen LogP contribution in [0, 0.1) is 0 Å². The highest BCUT2D eigenvalue weighted by Gasteiger charge is 2.14. The Bertz CT molecular complexity index is 1130. The van der Waals surface area contributed by atoms with Gasteiger partial charge >= 0.3 is 0 Å². The Balaban J connectivity index is 2.13. The molecule has 24 heavy (non-hydrogen) atoms. The molecule has 4 heteroatoms. The second kappa shape index (κ2) is 5.49. The average molecular weight is 315 g/mol. The van der Waals surface area contributed by atoms with Gasteiger partial charge in [0.05, 0.1) is 11.0 Å². The van der Waals surface area contributed by atoms with E-state index in [2.05, 4.69) is 4.98 Å². The maximum Gasteiger partial charge on any atom is 0.277 e. The summed E-state index contributed by atoms with van der Waals surface area (Å²) in [5.41, 5.74) is 9.23. The molecule has 1 aromatic heterocycles. The predicted molar refractivity (Wildman–Crippen MR) is 99.0 cm³/mol. The molecule has 0 fully saturated rings. The van der Waals surface area contributed by atoms with Crippen molar-refractivity contribution >= 4 is 27.5 Å². The van der Waals surface area contributed by atoms with Gasteiger partial charge in [0.25, 0.3) is 5.56 Å². The zero-order valence-corrected chi connectivity index (χ0v) is 13.4. The molecule has 0 aliphatic carbocycles. The van der Waals surface area contributed by atoms with Gasteiger partial charge in [0.15, 0.2) is 0 Å². The molecule has 0 radical (unpaired) electrons. The molecule has 0 saturated carbocycles. The van der Waals surface area contributed by atoms with Crippen LogP contribution in [0.3, 0.4) is 0 Å². The molecule has 0 atom stereocenters. The van der Waals surface area contributed by atoms with Crippen molar-refractivity contribution < 1.29 is 0 Å². The van der Waals surface area contributed by atoms with Crippen molar-refractivity contribution in [3.8, 4) is 11.3 Å². The van der Waals surface area contributed by atoms with Gasteiger partial charge < -0.3 is 10.3 Å². The predicted octanol–water partition coefficient (Wildman–Crippen LogP) is 3.82. The molecule has 118 valence electrons. The second-order valence-corrected chi connectivity index (χ2v) is 5.79. The number of fused-ring (bicyclic) bond motifs is 2. The lowest BCUT2D eigenvalue weighted by atomic mass is 10.1. The molecular formula is C20H17N3O. The third kappa shape index (κ3) is 2.15. The number of nitrogen functional groups attached to an aromatic ring is 1. The highest BCUT2D eigenvalue weighted by molar-refractivity contribution is 5.95. The number of hydrogen-bond acceptors (Lipinski definition) is 3. The molecule has 2 N–H and O–H groups in total.